The van der Waals surface area contributed by atoms with Crippen LogP contribution in [0.1, 0.15) is 32.1 Å². The highest BCUT2D eigenvalue weighted by atomic mass is 16.5. The fraction of sp³-hybridized carbons (Fsp3) is 0.786. The normalized spacial score (nSPS) is 44.4. The fourth-order valence-corrected chi connectivity index (χ4v) is 4.66. The lowest BCUT2D eigenvalue weighted by atomic mass is 9.78. The summed E-state index contributed by atoms with van der Waals surface area (Å²) < 4.78 is 5.23. The Kier molecular flexibility index (Phi) is 2.53. The van der Waals surface area contributed by atoms with Crippen LogP contribution in [0.3, 0.4) is 0 Å². The highest BCUT2D eigenvalue weighted by Crippen LogP contribution is 2.60. The van der Waals surface area contributed by atoms with E-state index in [0.717, 1.165) is 23.7 Å². The largest absolute Gasteiger partial charge is 0.462 e. The van der Waals surface area contributed by atoms with Crippen LogP contribution >= 0.6 is 0 Å². The number of fused-ring (bicyclic) bond motifs is 5. The van der Waals surface area contributed by atoms with E-state index >= 15 is 0 Å². The van der Waals surface area contributed by atoms with Crippen molar-refractivity contribution in [1.82, 2.24) is 0 Å². The number of rotatable bonds is 3. The summed E-state index contributed by atoms with van der Waals surface area (Å²) in [6.07, 6.45) is 8.27. The van der Waals surface area contributed by atoms with Gasteiger partial charge in [0.1, 0.15) is 0 Å². The summed E-state index contributed by atoms with van der Waals surface area (Å²) in [5.41, 5.74) is 0. The summed E-state index contributed by atoms with van der Waals surface area (Å²) in [5, 5.41) is 0. The van der Waals surface area contributed by atoms with Crippen molar-refractivity contribution in [2.24, 2.45) is 29.6 Å². The van der Waals surface area contributed by atoms with Crippen molar-refractivity contribution in [1.29, 1.82) is 0 Å². The molecule has 0 amide bonds. The molecule has 2 heteroatoms. The Labute approximate surface area is 97.1 Å². The van der Waals surface area contributed by atoms with Crippen molar-refractivity contribution < 1.29 is 9.53 Å². The molecule has 16 heavy (non-hydrogen) atoms. The third kappa shape index (κ3) is 1.50. The van der Waals surface area contributed by atoms with Crippen LogP contribution in [-0.4, -0.2) is 12.6 Å². The van der Waals surface area contributed by atoms with Gasteiger partial charge >= 0.3 is 5.97 Å². The molecule has 0 aromatic rings. The first-order valence-electron chi connectivity index (χ1n) is 6.58. The predicted octanol–water partition coefficient (Wildman–Crippen LogP) is 2.79. The molecule has 3 aliphatic carbocycles. The van der Waals surface area contributed by atoms with Gasteiger partial charge in [-0.15, -0.1) is 0 Å². The maximum absolute atomic E-state index is 11.1. The maximum Gasteiger partial charge on any atom is 0.330 e. The third-order valence-corrected chi connectivity index (χ3v) is 5.18. The quantitative estimate of drug-likeness (QED) is 0.540. The number of carbonyl (C=O) groups excluding carboxylic acids is 1. The Morgan fingerprint density at radius 2 is 2.06 bits per heavy atom. The van der Waals surface area contributed by atoms with E-state index in [9.17, 15) is 4.79 Å². The average Bonchev–Trinajstić information content (AvgIpc) is 2.97. The fourth-order valence-electron chi connectivity index (χ4n) is 4.66. The van der Waals surface area contributed by atoms with E-state index in [1.54, 1.807) is 0 Å². The molecule has 0 spiro atoms. The second-order valence-corrected chi connectivity index (χ2v) is 5.75. The van der Waals surface area contributed by atoms with Crippen molar-refractivity contribution in [3.63, 3.8) is 0 Å². The van der Waals surface area contributed by atoms with Gasteiger partial charge in [0.25, 0.3) is 0 Å². The summed E-state index contributed by atoms with van der Waals surface area (Å²) >= 11 is 0. The molecule has 0 aliphatic heterocycles. The van der Waals surface area contributed by atoms with Crippen molar-refractivity contribution in [3.8, 4) is 0 Å². The second kappa shape index (κ2) is 3.90. The van der Waals surface area contributed by atoms with Gasteiger partial charge in [0.05, 0.1) is 6.61 Å². The Balaban J connectivity index is 1.61. The number of hydrogen-bond acceptors (Lipinski definition) is 2. The zero-order valence-electron chi connectivity index (χ0n) is 9.73. The number of esters is 1. The molecule has 0 aromatic heterocycles. The van der Waals surface area contributed by atoms with Crippen molar-refractivity contribution in [3.05, 3.63) is 12.7 Å². The van der Waals surface area contributed by atoms with Gasteiger partial charge in [0, 0.05) is 6.08 Å². The molecule has 0 radical (unpaired) electrons. The van der Waals surface area contributed by atoms with Crippen LogP contribution in [0.15, 0.2) is 12.7 Å². The van der Waals surface area contributed by atoms with Gasteiger partial charge in [-0.1, -0.05) is 6.58 Å². The molecule has 5 atom stereocenters. The molecule has 0 N–H and O–H groups in total. The lowest BCUT2D eigenvalue weighted by Gasteiger charge is -2.28. The Bertz CT molecular complexity index is 310. The molecule has 0 saturated heterocycles. The Morgan fingerprint density at radius 3 is 2.88 bits per heavy atom. The van der Waals surface area contributed by atoms with E-state index in [2.05, 4.69) is 6.58 Å². The molecule has 3 saturated carbocycles. The van der Waals surface area contributed by atoms with Crippen molar-refractivity contribution in [2.75, 3.05) is 6.61 Å². The molecular weight excluding hydrogens is 200 g/mol. The van der Waals surface area contributed by atoms with Crippen LogP contribution in [0.25, 0.3) is 0 Å². The minimum absolute atomic E-state index is 0.258. The lowest BCUT2D eigenvalue weighted by molar-refractivity contribution is -0.139. The monoisotopic (exact) mass is 220 g/mol. The summed E-state index contributed by atoms with van der Waals surface area (Å²) in [6.45, 7) is 4.07. The minimum Gasteiger partial charge on any atom is -0.462 e. The molecule has 0 aromatic carbocycles. The molecule has 2 bridgehead atoms. The van der Waals surface area contributed by atoms with Gasteiger partial charge in [-0.25, -0.2) is 4.79 Å². The second-order valence-electron chi connectivity index (χ2n) is 5.75. The first-order chi connectivity index (χ1) is 7.79. The summed E-state index contributed by atoms with van der Waals surface area (Å²) in [7, 11) is 0. The SMILES string of the molecule is C=CC(=O)OCC1CCC2C3CCC(C3)C12. The Morgan fingerprint density at radius 1 is 1.25 bits per heavy atom. The smallest absolute Gasteiger partial charge is 0.330 e. The van der Waals surface area contributed by atoms with E-state index in [0.29, 0.717) is 12.5 Å². The number of hydrogen-bond donors (Lipinski definition) is 0. The Hall–Kier alpha value is -0.790. The molecule has 2 nitrogen and oxygen atoms in total. The van der Waals surface area contributed by atoms with Gasteiger partial charge in [0.15, 0.2) is 0 Å². The maximum atomic E-state index is 11.1. The first-order valence-corrected chi connectivity index (χ1v) is 6.58. The third-order valence-electron chi connectivity index (χ3n) is 5.18. The zero-order chi connectivity index (χ0) is 11.1. The van der Waals surface area contributed by atoms with Gasteiger partial charge in [-0.05, 0) is 61.7 Å². The van der Waals surface area contributed by atoms with Gasteiger partial charge in [-0.2, -0.15) is 0 Å². The van der Waals surface area contributed by atoms with Crippen molar-refractivity contribution >= 4 is 5.97 Å². The minimum atomic E-state index is -0.258. The van der Waals surface area contributed by atoms with Crippen LogP contribution in [0, 0.1) is 29.6 Å². The van der Waals surface area contributed by atoms with Crippen LogP contribution in [-0.2, 0) is 9.53 Å². The highest BCUT2D eigenvalue weighted by molar-refractivity contribution is 5.81. The number of ether oxygens (including phenoxy) is 1. The molecule has 88 valence electrons. The molecular formula is C14H20O2. The topological polar surface area (TPSA) is 26.3 Å². The molecule has 3 rings (SSSR count). The van der Waals surface area contributed by atoms with E-state index in [1.165, 1.54) is 38.2 Å². The average molecular weight is 220 g/mol. The van der Waals surface area contributed by atoms with E-state index < -0.39 is 0 Å². The predicted molar refractivity (Wildman–Crippen MR) is 61.7 cm³/mol. The van der Waals surface area contributed by atoms with E-state index in [1.807, 2.05) is 0 Å². The van der Waals surface area contributed by atoms with Crippen LogP contribution < -0.4 is 0 Å². The number of carbonyl (C=O) groups is 1. The molecule has 5 unspecified atom stereocenters. The van der Waals surface area contributed by atoms with Crippen LogP contribution in [0.2, 0.25) is 0 Å². The molecule has 3 aliphatic rings. The summed E-state index contributed by atoms with van der Waals surface area (Å²) in [6, 6.07) is 0. The standard InChI is InChI=1S/C14H20O2/c1-2-13(15)16-8-11-5-6-12-9-3-4-10(7-9)14(11)12/h2,9-12,14H,1,3-8H2. The van der Waals surface area contributed by atoms with E-state index in [4.69, 9.17) is 4.74 Å². The van der Waals surface area contributed by atoms with E-state index in [-0.39, 0.29) is 5.97 Å². The van der Waals surface area contributed by atoms with Crippen molar-refractivity contribution in [2.45, 2.75) is 32.1 Å². The highest BCUT2D eigenvalue weighted by Gasteiger charge is 2.53. The first kappa shape index (κ1) is 10.4. The zero-order valence-corrected chi connectivity index (χ0v) is 9.73. The van der Waals surface area contributed by atoms with Gasteiger partial charge in [-0.3, -0.25) is 0 Å². The van der Waals surface area contributed by atoms with Gasteiger partial charge < -0.3 is 4.74 Å². The molecule has 0 heterocycles. The lowest BCUT2D eigenvalue weighted by Crippen LogP contribution is -2.25. The summed E-state index contributed by atoms with van der Waals surface area (Å²) in [4.78, 5) is 11.1. The van der Waals surface area contributed by atoms with Crippen LogP contribution in [0.5, 0.6) is 0 Å². The van der Waals surface area contributed by atoms with Gasteiger partial charge in [0.2, 0.25) is 0 Å². The van der Waals surface area contributed by atoms with Crippen LogP contribution in [0.4, 0.5) is 0 Å². The molecule has 3 fully saturated rings. The summed E-state index contributed by atoms with van der Waals surface area (Å²) in [5.74, 6) is 4.18.